The van der Waals surface area contributed by atoms with E-state index in [0.29, 0.717) is 38.3 Å². The highest BCUT2D eigenvalue weighted by atomic mass is 19.2. The fraction of sp³-hybridized carbons (Fsp3) is 0.300. The third-order valence-electron chi connectivity index (χ3n) is 4.54. The largest absolute Gasteiger partial charge is 0.336 e. The van der Waals surface area contributed by atoms with Gasteiger partial charge < -0.3 is 10.2 Å². The van der Waals surface area contributed by atoms with Crippen LogP contribution in [0.15, 0.2) is 48.5 Å². The summed E-state index contributed by atoms with van der Waals surface area (Å²) in [6.45, 7) is 3.15. The smallest absolute Gasteiger partial charge is 0.253 e. The number of hydrogen-bond donors (Lipinski definition) is 1. The minimum absolute atomic E-state index is 0.0197. The summed E-state index contributed by atoms with van der Waals surface area (Å²) in [6, 6.07) is 12.4. The average molecular weight is 373 g/mol. The molecule has 2 aromatic rings. The Labute approximate surface area is 156 Å². The van der Waals surface area contributed by atoms with E-state index in [-0.39, 0.29) is 23.9 Å². The molecule has 0 atom stereocenters. The number of halogens is 2. The van der Waals surface area contributed by atoms with Crippen molar-refractivity contribution in [3.05, 3.63) is 65.7 Å². The lowest BCUT2D eigenvalue weighted by Gasteiger charge is -2.34. The molecular weight excluding hydrogens is 352 g/mol. The van der Waals surface area contributed by atoms with Gasteiger partial charge in [-0.3, -0.25) is 14.5 Å². The van der Waals surface area contributed by atoms with Crippen LogP contribution in [0.1, 0.15) is 16.8 Å². The molecule has 0 radical (unpaired) electrons. The highest BCUT2D eigenvalue weighted by molar-refractivity contribution is 5.94. The van der Waals surface area contributed by atoms with E-state index < -0.39 is 11.6 Å². The monoisotopic (exact) mass is 373 g/mol. The molecule has 0 bridgehead atoms. The van der Waals surface area contributed by atoms with Crippen molar-refractivity contribution in [3.8, 4) is 0 Å². The zero-order chi connectivity index (χ0) is 19.2. The molecule has 1 saturated heterocycles. The SMILES string of the molecule is O=C(CCN1CCN(C(=O)c2ccccc2)CC1)Nc1ccc(F)c(F)c1. The minimum Gasteiger partial charge on any atom is -0.336 e. The molecule has 142 valence electrons. The van der Waals surface area contributed by atoms with Crippen LogP contribution in [0, 0.1) is 11.6 Å². The van der Waals surface area contributed by atoms with Crippen LogP contribution in [0.5, 0.6) is 0 Å². The molecule has 2 amide bonds. The minimum atomic E-state index is -0.994. The Bertz CT molecular complexity index is 806. The number of piperazine rings is 1. The fourth-order valence-electron chi connectivity index (χ4n) is 2.99. The number of carbonyl (C=O) groups is 2. The second kappa shape index (κ2) is 8.73. The second-order valence-corrected chi connectivity index (χ2v) is 6.43. The zero-order valence-corrected chi connectivity index (χ0v) is 14.8. The van der Waals surface area contributed by atoms with Crippen LogP contribution in [-0.4, -0.2) is 54.3 Å². The summed E-state index contributed by atoms with van der Waals surface area (Å²) in [4.78, 5) is 28.3. The van der Waals surface area contributed by atoms with Crippen LogP contribution in [0.3, 0.4) is 0 Å². The maximum absolute atomic E-state index is 13.2. The van der Waals surface area contributed by atoms with Gasteiger partial charge in [-0.2, -0.15) is 0 Å². The van der Waals surface area contributed by atoms with Gasteiger partial charge in [0.25, 0.3) is 5.91 Å². The van der Waals surface area contributed by atoms with Gasteiger partial charge in [-0.25, -0.2) is 8.78 Å². The summed E-state index contributed by atoms with van der Waals surface area (Å²) < 4.78 is 26.1. The van der Waals surface area contributed by atoms with Crippen molar-refractivity contribution in [1.29, 1.82) is 0 Å². The predicted octanol–water partition coefficient (Wildman–Crippen LogP) is 2.75. The van der Waals surface area contributed by atoms with Crippen molar-refractivity contribution in [2.24, 2.45) is 0 Å². The predicted molar refractivity (Wildman–Crippen MR) is 98.4 cm³/mol. The summed E-state index contributed by atoms with van der Waals surface area (Å²) in [7, 11) is 0. The van der Waals surface area contributed by atoms with E-state index in [4.69, 9.17) is 0 Å². The van der Waals surface area contributed by atoms with Crippen LogP contribution >= 0.6 is 0 Å². The molecule has 27 heavy (non-hydrogen) atoms. The lowest BCUT2D eigenvalue weighted by Crippen LogP contribution is -2.49. The van der Waals surface area contributed by atoms with Crippen molar-refractivity contribution < 1.29 is 18.4 Å². The molecule has 0 spiro atoms. The highest BCUT2D eigenvalue weighted by Gasteiger charge is 2.22. The van der Waals surface area contributed by atoms with Crippen molar-refractivity contribution in [2.45, 2.75) is 6.42 Å². The summed E-state index contributed by atoms with van der Waals surface area (Å²) >= 11 is 0. The van der Waals surface area contributed by atoms with Gasteiger partial charge in [0.1, 0.15) is 0 Å². The lowest BCUT2D eigenvalue weighted by molar-refractivity contribution is -0.116. The van der Waals surface area contributed by atoms with E-state index in [1.807, 2.05) is 23.1 Å². The Hall–Kier alpha value is -2.80. The Morgan fingerprint density at radius 1 is 0.926 bits per heavy atom. The third-order valence-corrected chi connectivity index (χ3v) is 4.54. The van der Waals surface area contributed by atoms with Crippen molar-refractivity contribution in [2.75, 3.05) is 38.0 Å². The van der Waals surface area contributed by atoms with Gasteiger partial charge in [0.2, 0.25) is 5.91 Å². The van der Waals surface area contributed by atoms with Gasteiger partial charge in [-0.15, -0.1) is 0 Å². The maximum Gasteiger partial charge on any atom is 0.253 e. The molecule has 0 unspecified atom stereocenters. The summed E-state index contributed by atoms with van der Waals surface area (Å²) in [6.07, 6.45) is 0.242. The number of anilines is 1. The van der Waals surface area contributed by atoms with E-state index >= 15 is 0 Å². The fourth-order valence-corrected chi connectivity index (χ4v) is 2.99. The maximum atomic E-state index is 13.2. The molecular formula is C20H21F2N3O2. The lowest BCUT2D eigenvalue weighted by atomic mass is 10.2. The van der Waals surface area contributed by atoms with Crippen LogP contribution in [0.25, 0.3) is 0 Å². The molecule has 2 aromatic carbocycles. The van der Waals surface area contributed by atoms with E-state index in [0.717, 1.165) is 12.1 Å². The van der Waals surface area contributed by atoms with E-state index in [2.05, 4.69) is 10.2 Å². The highest BCUT2D eigenvalue weighted by Crippen LogP contribution is 2.14. The molecule has 0 aromatic heterocycles. The Kier molecular flexibility index (Phi) is 6.13. The topological polar surface area (TPSA) is 52.7 Å². The van der Waals surface area contributed by atoms with Gasteiger partial charge in [-0.05, 0) is 24.3 Å². The molecule has 0 saturated carbocycles. The van der Waals surface area contributed by atoms with Crippen molar-refractivity contribution in [3.63, 3.8) is 0 Å². The van der Waals surface area contributed by atoms with Crippen LogP contribution in [0.4, 0.5) is 14.5 Å². The normalized spacial score (nSPS) is 14.8. The standard InChI is InChI=1S/C20H21F2N3O2/c21-17-7-6-16(14-18(17)22)23-19(26)8-9-24-10-12-25(13-11-24)20(27)15-4-2-1-3-5-15/h1-7,14H,8-13H2,(H,23,26). The molecule has 1 N–H and O–H groups in total. The van der Waals surface area contributed by atoms with Crippen LogP contribution in [0.2, 0.25) is 0 Å². The first kappa shape index (κ1) is 19.0. The van der Waals surface area contributed by atoms with E-state index in [1.54, 1.807) is 12.1 Å². The molecule has 5 nitrogen and oxygen atoms in total. The van der Waals surface area contributed by atoms with Gasteiger partial charge in [0, 0.05) is 56.5 Å². The van der Waals surface area contributed by atoms with Gasteiger partial charge in [0.15, 0.2) is 11.6 Å². The van der Waals surface area contributed by atoms with Gasteiger partial charge >= 0.3 is 0 Å². The average Bonchev–Trinajstić information content (AvgIpc) is 2.70. The summed E-state index contributed by atoms with van der Waals surface area (Å²) in [5, 5.41) is 2.56. The Morgan fingerprint density at radius 2 is 1.63 bits per heavy atom. The molecule has 1 heterocycles. The zero-order valence-electron chi connectivity index (χ0n) is 14.8. The van der Waals surface area contributed by atoms with Gasteiger partial charge in [0.05, 0.1) is 0 Å². The van der Waals surface area contributed by atoms with Crippen molar-refractivity contribution >= 4 is 17.5 Å². The number of amides is 2. The number of benzene rings is 2. The van der Waals surface area contributed by atoms with Crippen molar-refractivity contribution in [1.82, 2.24) is 9.80 Å². The van der Waals surface area contributed by atoms with Gasteiger partial charge in [-0.1, -0.05) is 18.2 Å². The summed E-state index contributed by atoms with van der Waals surface area (Å²) in [5.74, 6) is -2.18. The Balaban J connectivity index is 1.42. The Morgan fingerprint density at radius 3 is 2.30 bits per heavy atom. The number of nitrogens with one attached hydrogen (secondary N) is 1. The molecule has 1 aliphatic heterocycles. The molecule has 1 fully saturated rings. The molecule has 0 aliphatic carbocycles. The molecule has 7 heteroatoms. The summed E-state index contributed by atoms with van der Waals surface area (Å²) in [5.41, 5.74) is 0.911. The number of nitrogens with zero attached hydrogens (tertiary/aromatic N) is 2. The molecule has 1 aliphatic rings. The van der Waals surface area contributed by atoms with Crippen LogP contribution < -0.4 is 5.32 Å². The van der Waals surface area contributed by atoms with Crippen LogP contribution in [-0.2, 0) is 4.79 Å². The number of rotatable bonds is 5. The molecule has 3 rings (SSSR count). The first-order chi connectivity index (χ1) is 13.0. The second-order valence-electron chi connectivity index (χ2n) is 6.43. The first-order valence-corrected chi connectivity index (χ1v) is 8.84. The quantitative estimate of drug-likeness (QED) is 0.877. The third kappa shape index (κ3) is 5.10. The number of hydrogen-bond acceptors (Lipinski definition) is 3. The number of carbonyl (C=O) groups excluding carboxylic acids is 2. The van der Waals surface area contributed by atoms with E-state index in [1.165, 1.54) is 6.07 Å². The van der Waals surface area contributed by atoms with E-state index in [9.17, 15) is 18.4 Å². The first-order valence-electron chi connectivity index (χ1n) is 8.84.